The summed E-state index contributed by atoms with van der Waals surface area (Å²) in [7, 11) is 0. The number of hydrogen-bond acceptors (Lipinski definition) is 7. The standard InChI is InChI=1S/C23H32O7/c1-13(25)29-16-10-15(6-9-24)11-23-17(16)22(12-28-20(23)27)8-5-7-21(3,4)18(22)19(23)30-14(2)26/h9,15-19H,5-8,10-12H2,1-4H3/t15-,16-,17+,18-,19+,22-,23+/m1/s1. The van der Waals surface area contributed by atoms with Crippen molar-refractivity contribution in [3.05, 3.63) is 0 Å². The number of esters is 3. The van der Waals surface area contributed by atoms with Gasteiger partial charge < -0.3 is 19.0 Å². The highest BCUT2D eigenvalue weighted by Gasteiger charge is 2.80. The van der Waals surface area contributed by atoms with Gasteiger partial charge in [0.05, 0.1) is 6.61 Å². The number of aldehydes is 1. The quantitative estimate of drug-likeness (QED) is 0.392. The molecule has 166 valence electrons. The van der Waals surface area contributed by atoms with Crippen LogP contribution in [0.1, 0.15) is 66.2 Å². The SMILES string of the molecule is CC(=O)O[C@@H]1C[C@@H](CC=O)C[C@@]23C(=O)OC[C@]4(CCCC(C)(C)[C@H]4[C@@H]2OC(C)=O)[C@H]13. The van der Waals surface area contributed by atoms with Gasteiger partial charge in [0.1, 0.15) is 23.9 Å². The van der Waals surface area contributed by atoms with Crippen molar-refractivity contribution in [1.82, 2.24) is 0 Å². The highest BCUT2D eigenvalue weighted by atomic mass is 16.6. The van der Waals surface area contributed by atoms with Crippen molar-refractivity contribution < 1.29 is 33.4 Å². The van der Waals surface area contributed by atoms with Gasteiger partial charge in [0, 0.05) is 37.5 Å². The van der Waals surface area contributed by atoms with Crippen molar-refractivity contribution >= 4 is 24.2 Å². The molecule has 0 N–H and O–H groups in total. The molecule has 30 heavy (non-hydrogen) atoms. The topological polar surface area (TPSA) is 96.0 Å². The average Bonchev–Trinajstić information content (AvgIpc) is 2.82. The van der Waals surface area contributed by atoms with E-state index in [-0.39, 0.29) is 42.2 Å². The van der Waals surface area contributed by atoms with Gasteiger partial charge in [-0.3, -0.25) is 14.4 Å². The Bertz CT molecular complexity index is 774. The van der Waals surface area contributed by atoms with Crippen LogP contribution in [-0.2, 0) is 33.4 Å². The largest absolute Gasteiger partial charge is 0.465 e. The van der Waals surface area contributed by atoms with Crippen LogP contribution in [0, 0.1) is 34.0 Å². The van der Waals surface area contributed by atoms with Crippen LogP contribution in [0.5, 0.6) is 0 Å². The number of carbonyl (C=O) groups excluding carboxylic acids is 4. The van der Waals surface area contributed by atoms with E-state index in [1.807, 2.05) is 0 Å². The Morgan fingerprint density at radius 1 is 1.13 bits per heavy atom. The van der Waals surface area contributed by atoms with Gasteiger partial charge in [-0.2, -0.15) is 0 Å². The van der Waals surface area contributed by atoms with E-state index in [4.69, 9.17) is 14.2 Å². The molecule has 0 aromatic carbocycles. The lowest BCUT2D eigenvalue weighted by molar-refractivity contribution is -0.214. The molecule has 1 saturated heterocycles. The highest BCUT2D eigenvalue weighted by Crippen LogP contribution is 2.74. The van der Waals surface area contributed by atoms with Crippen LogP contribution in [-0.4, -0.2) is 43.0 Å². The Balaban J connectivity index is 1.93. The van der Waals surface area contributed by atoms with Gasteiger partial charge in [-0.25, -0.2) is 0 Å². The number of hydrogen-bond donors (Lipinski definition) is 0. The van der Waals surface area contributed by atoms with E-state index in [0.717, 1.165) is 25.5 Å². The third kappa shape index (κ3) is 2.83. The Hall–Kier alpha value is -1.92. The molecule has 1 aliphatic heterocycles. The molecule has 7 heteroatoms. The zero-order chi connectivity index (χ0) is 21.9. The predicted octanol–water partition coefficient (Wildman–Crippen LogP) is 2.83. The lowest BCUT2D eigenvalue weighted by Crippen LogP contribution is -2.61. The van der Waals surface area contributed by atoms with Gasteiger partial charge in [-0.05, 0) is 37.0 Å². The van der Waals surface area contributed by atoms with Gasteiger partial charge in [-0.1, -0.05) is 20.3 Å². The minimum atomic E-state index is -1.08. The molecule has 7 nitrogen and oxygen atoms in total. The smallest absolute Gasteiger partial charge is 0.316 e. The third-order valence-electron chi connectivity index (χ3n) is 8.37. The monoisotopic (exact) mass is 420 g/mol. The summed E-state index contributed by atoms with van der Waals surface area (Å²) in [5.74, 6) is -1.67. The summed E-state index contributed by atoms with van der Waals surface area (Å²) in [5.41, 5.74) is -1.65. The van der Waals surface area contributed by atoms with Crippen LogP contribution in [0.15, 0.2) is 0 Å². The first-order valence-corrected chi connectivity index (χ1v) is 11.0. The van der Waals surface area contributed by atoms with E-state index in [9.17, 15) is 19.2 Å². The third-order valence-corrected chi connectivity index (χ3v) is 8.37. The van der Waals surface area contributed by atoms with E-state index in [2.05, 4.69) is 13.8 Å². The molecule has 2 bridgehead atoms. The molecule has 0 radical (unpaired) electrons. The molecule has 4 rings (SSSR count). The molecule has 0 unspecified atom stereocenters. The second-order valence-corrected chi connectivity index (χ2v) is 10.5. The number of rotatable bonds is 4. The lowest BCUT2D eigenvalue weighted by atomic mass is 9.51. The zero-order valence-corrected chi connectivity index (χ0v) is 18.3. The first-order valence-electron chi connectivity index (χ1n) is 11.0. The van der Waals surface area contributed by atoms with E-state index in [1.165, 1.54) is 13.8 Å². The normalized spacial score (nSPS) is 43.6. The molecule has 4 aliphatic rings. The average molecular weight is 421 g/mol. The van der Waals surface area contributed by atoms with Crippen LogP contribution in [0.4, 0.5) is 0 Å². The van der Waals surface area contributed by atoms with Crippen molar-refractivity contribution in [3.8, 4) is 0 Å². The van der Waals surface area contributed by atoms with E-state index < -0.39 is 35.0 Å². The van der Waals surface area contributed by atoms with Crippen molar-refractivity contribution in [2.45, 2.75) is 78.4 Å². The highest BCUT2D eigenvalue weighted by molar-refractivity contribution is 5.82. The second kappa shape index (κ2) is 7.06. The predicted molar refractivity (Wildman–Crippen MR) is 105 cm³/mol. The van der Waals surface area contributed by atoms with E-state index in [1.54, 1.807) is 0 Å². The fourth-order valence-electron chi connectivity index (χ4n) is 7.89. The van der Waals surface area contributed by atoms with Crippen LogP contribution >= 0.6 is 0 Å². The van der Waals surface area contributed by atoms with Crippen molar-refractivity contribution in [2.24, 2.45) is 34.0 Å². The maximum absolute atomic E-state index is 13.5. The second-order valence-electron chi connectivity index (χ2n) is 10.5. The molecule has 1 spiro atoms. The molecular weight excluding hydrogens is 388 g/mol. The maximum Gasteiger partial charge on any atom is 0.316 e. The summed E-state index contributed by atoms with van der Waals surface area (Å²) in [6.45, 7) is 7.36. The van der Waals surface area contributed by atoms with Crippen LogP contribution in [0.25, 0.3) is 0 Å². The lowest BCUT2D eigenvalue weighted by Gasteiger charge is -2.55. The van der Waals surface area contributed by atoms with E-state index >= 15 is 0 Å². The number of cyclic esters (lactones) is 1. The van der Waals surface area contributed by atoms with Crippen LogP contribution in [0.3, 0.4) is 0 Å². The summed E-state index contributed by atoms with van der Waals surface area (Å²) in [5, 5.41) is 0. The maximum atomic E-state index is 13.5. The first kappa shape index (κ1) is 21.3. The molecule has 0 amide bonds. The van der Waals surface area contributed by atoms with Crippen molar-refractivity contribution in [1.29, 1.82) is 0 Å². The van der Waals surface area contributed by atoms with Crippen molar-refractivity contribution in [3.63, 3.8) is 0 Å². The Morgan fingerprint density at radius 3 is 2.47 bits per heavy atom. The van der Waals surface area contributed by atoms with Gasteiger partial charge in [0.2, 0.25) is 0 Å². The molecule has 1 heterocycles. The minimum Gasteiger partial charge on any atom is -0.465 e. The zero-order valence-electron chi connectivity index (χ0n) is 18.3. The van der Waals surface area contributed by atoms with Crippen LogP contribution in [0.2, 0.25) is 0 Å². The Morgan fingerprint density at radius 2 is 1.83 bits per heavy atom. The number of carbonyl (C=O) groups is 4. The van der Waals surface area contributed by atoms with Crippen molar-refractivity contribution in [2.75, 3.05) is 6.61 Å². The molecular formula is C23H32O7. The summed E-state index contributed by atoms with van der Waals surface area (Å²) in [6.07, 6.45) is 3.73. The fourth-order valence-corrected chi connectivity index (χ4v) is 7.89. The first-order chi connectivity index (χ1) is 14.1. The molecule has 7 atom stereocenters. The van der Waals surface area contributed by atoms with Gasteiger partial charge in [0.15, 0.2) is 0 Å². The molecule has 3 aliphatic carbocycles. The fraction of sp³-hybridized carbons (Fsp3) is 0.826. The molecule has 4 fully saturated rings. The van der Waals surface area contributed by atoms with E-state index in [0.29, 0.717) is 12.8 Å². The van der Waals surface area contributed by atoms with Gasteiger partial charge in [-0.15, -0.1) is 0 Å². The Labute approximate surface area is 177 Å². The van der Waals surface area contributed by atoms with Crippen LogP contribution < -0.4 is 0 Å². The minimum absolute atomic E-state index is 0.0767. The summed E-state index contributed by atoms with van der Waals surface area (Å²) in [6, 6.07) is 0. The summed E-state index contributed by atoms with van der Waals surface area (Å²) >= 11 is 0. The van der Waals surface area contributed by atoms with Gasteiger partial charge in [0.25, 0.3) is 0 Å². The molecule has 3 saturated carbocycles. The number of ether oxygens (including phenoxy) is 3. The Kier molecular flexibility index (Phi) is 5.02. The summed E-state index contributed by atoms with van der Waals surface area (Å²) < 4.78 is 17.6. The molecule has 0 aromatic rings. The summed E-state index contributed by atoms with van der Waals surface area (Å²) in [4.78, 5) is 49.1. The van der Waals surface area contributed by atoms with Gasteiger partial charge >= 0.3 is 17.9 Å². The molecule has 0 aromatic heterocycles.